The number of esters is 1. The minimum absolute atomic E-state index is 0.194. The van der Waals surface area contributed by atoms with Crippen LogP contribution in [0.25, 0.3) is 0 Å². The number of nitrogens with zero attached hydrogens (tertiary/aromatic N) is 2. The zero-order valence-electron chi connectivity index (χ0n) is 7.38. The number of hydrogen-bond donors (Lipinski definition) is 0. The van der Waals surface area contributed by atoms with Crippen LogP contribution in [0.3, 0.4) is 0 Å². The van der Waals surface area contributed by atoms with E-state index in [2.05, 4.69) is 9.59 Å². The topological polar surface area (TPSA) is 52.1 Å². The summed E-state index contributed by atoms with van der Waals surface area (Å²) in [6, 6.07) is 6.59. The van der Waals surface area contributed by atoms with Crippen molar-refractivity contribution in [3.05, 3.63) is 40.4 Å². The highest BCUT2D eigenvalue weighted by molar-refractivity contribution is 7.03. The third-order valence-corrected chi connectivity index (χ3v) is 2.32. The van der Waals surface area contributed by atoms with Gasteiger partial charge in [0.2, 0.25) is 0 Å². The number of carbonyl (C=O) groups is 1. The van der Waals surface area contributed by atoms with E-state index >= 15 is 0 Å². The molecule has 15 heavy (non-hydrogen) atoms. The number of hydrogen-bond acceptors (Lipinski definition) is 5. The Kier molecular flexibility index (Phi) is 2.94. The molecule has 1 heterocycles. The molecule has 0 unspecified atom stereocenters. The summed E-state index contributed by atoms with van der Waals surface area (Å²) >= 11 is 6.83. The molecule has 0 saturated carbocycles. The molecule has 0 aliphatic carbocycles. The van der Waals surface area contributed by atoms with E-state index in [9.17, 15) is 4.79 Å². The lowest BCUT2D eigenvalue weighted by Gasteiger charge is -2.01. The fraction of sp³-hybridized carbons (Fsp3) is 0. The Morgan fingerprint density at radius 3 is 3.00 bits per heavy atom. The fourth-order valence-electron chi connectivity index (χ4n) is 0.943. The number of ether oxygens (including phenoxy) is 1. The first-order valence-corrected chi connectivity index (χ1v) is 5.22. The van der Waals surface area contributed by atoms with Gasteiger partial charge in [-0.1, -0.05) is 22.2 Å². The molecule has 0 aliphatic rings. The summed E-state index contributed by atoms with van der Waals surface area (Å²) in [5.41, 5.74) is 0.194. The first-order chi connectivity index (χ1) is 7.25. The summed E-state index contributed by atoms with van der Waals surface area (Å²) in [5, 5.41) is 5.63. The van der Waals surface area contributed by atoms with Gasteiger partial charge in [-0.25, -0.2) is 4.79 Å². The molecule has 1 aromatic heterocycles. The van der Waals surface area contributed by atoms with Crippen molar-refractivity contribution in [3.63, 3.8) is 0 Å². The highest BCUT2D eigenvalue weighted by atomic mass is 35.5. The Morgan fingerprint density at radius 1 is 1.47 bits per heavy atom. The van der Waals surface area contributed by atoms with E-state index in [-0.39, 0.29) is 5.69 Å². The number of rotatable bonds is 2. The lowest BCUT2D eigenvalue weighted by atomic mass is 10.3. The quantitative estimate of drug-likeness (QED) is 0.598. The molecule has 0 atom stereocenters. The molecule has 2 rings (SSSR count). The third-order valence-electron chi connectivity index (χ3n) is 1.58. The van der Waals surface area contributed by atoms with Crippen LogP contribution < -0.4 is 4.74 Å². The summed E-state index contributed by atoms with van der Waals surface area (Å²) in [5.74, 6) is -0.147. The van der Waals surface area contributed by atoms with Crippen molar-refractivity contribution in [3.8, 4) is 5.75 Å². The van der Waals surface area contributed by atoms with Crippen molar-refractivity contribution in [1.82, 2.24) is 9.59 Å². The standard InChI is InChI=1S/C9H5ClN2O2S/c10-6-2-1-3-7(4-6)14-9(13)8-5-15-12-11-8/h1-5H. The zero-order valence-corrected chi connectivity index (χ0v) is 8.96. The van der Waals surface area contributed by atoms with Crippen molar-refractivity contribution >= 4 is 29.1 Å². The van der Waals surface area contributed by atoms with Crippen LogP contribution in [0.1, 0.15) is 10.5 Å². The van der Waals surface area contributed by atoms with Crippen LogP contribution in [-0.2, 0) is 0 Å². The lowest BCUT2D eigenvalue weighted by Crippen LogP contribution is -2.08. The molecule has 0 amide bonds. The van der Waals surface area contributed by atoms with E-state index in [1.54, 1.807) is 24.3 Å². The molecule has 6 heteroatoms. The van der Waals surface area contributed by atoms with Crippen molar-refractivity contribution in [2.24, 2.45) is 0 Å². The summed E-state index contributed by atoms with van der Waals surface area (Å²) in [4.78, 5) is 11.4. The Balaban J connectivity index is 2.13. The third kappa shape index (κ3) is 2.51. The molecule has 0 saturated heterocycles. The second-order valence-corrected chi connectivity index (χ2v) is 3.68. The van der Waals surface area contributed by atoms with Crippen molar-refractivity contribution < 1.29 is 9.53 Å². The Morgan fingerprint density at radius 2 is 2.33 bits per heavy atom. The van der Waals surface area contributed by atoms with E-state index in [1.165, 1.54) is 5.38 Å². The second-order valence-electron chi connectivity index (χ2n) is 2.64. The maximum Gasteiger partial charge on any atom is 0.365 e. The molecule has 0 spiro atoms. The van der Waals surface area contributed by atoms with E-state index in [0.717, 1.165) is 11.5 Å². The summed E-state index contributed by atoms with van der Waals surface area (Å²) in [7, 11) is 0. The molecule has 0 aliphatic heterocycles. The summed E-state index contributed by atoms with van der Waals surface area (Å²) in [6.07, 6.45) is 0. The summed E-state index contributed by atoms with van der Waals surface area (Å²) < 4.78 is 8.59. The molecule has 0 bridgehead atoms. The highest BCUT2D eigenvalue weighted by Gasteiger charge is 2.11. The minimum Gasteiger partial charge on any atom is -0.422 e. The van der Waals surface area contributed by atoms with E-state index < -0.39 is 5.97 Å². The van der Waals surface area contributed by atoms with Crippen LogP contribution in [0.2, 0.25) is 5.02 Å². The molecule has 0 radical (unpaired) electrons. The van der Waals surface area contributed by atoms with Gasteiger partial charge in [-0.3, -0.25) is 0 Å². The van der Waals surface area contributed by atoms with E-state index in [4.69, 9.17) is 16.3 Å². The predicted octanol–water partition coefficient (Wildman–Crippen LogP) is 2.41. The van der Waals surface area contributed by atoms with Crippen LogP contribution in [0, 0.1) is 0 Å². The fourth-order valence-corrected chi connectivity index (χ4v) is 1.55. The molecule has 2 aromatic rings. The van der Waals surface area contributed by atoms with Gasteiger partial charge in [-0.2, -0.15) is 0 Å². The number of carbonyl (C=O) groups excluding carboxylic acids is 1. The van der Waals surface area contributed by atoms with Crippen LogP contribution in [0.5, 0.6) is 5.75 Å². The van der Waals surface area contributed by atoms with Gasteiger partial charge in [0.15, 0.2) is 5.69 Å². The zero-order chi connectivity index (χ0) is 10.7. The highest BCUT2D eigenvalue weighted by Crippen LogP contribution is 2.18. The number of halogens is 1. The van der Waals surface area contributed by atoms with Gasteiger partial charge in [0, 0.05) is 10.4 Å². The molecular weight excluding hydrogens is 236 g/mol. The second kappa shape index (κ2) is 4.37. The van der Waals surface area contributed by atoms with E-state index in [0.29, 0.717) is 10.8 Å². The molecular formula is C9H5ClN2O2S. The maximum atomic E-state index is 11.4. The van der Waals surface area contributed by atoms with Crippen molar-refractivity contribution in [2.45, 2.75) is 0 Å². The maximum absolute atomic E-state index is 11.4. The Bertz CT molecular complexity index is 473. The smallest absolute Gasteiger partial charge is 0.365 e. The van der Waals surface area contributed by atoms with Crippen LogP contribution >= 0.6 is 23.1 Å². The predicted molar refractivity (Wildman–Crippen MR) is 56.3 cm³/mol. The number of benzene rings is 1. The first-order valence-electron chi connectivity index (χ1n) is 4.00. The average molecular weight is 241 g/mol. The minimum atomic E-state index is -0.536. The van der Waals surface area contributed by atoms with Crippen molar-refractivity contribution in [2.75, 3.05) is 0 Å². The van der Waals surface area contributed by atoms with Gasteiger partial charge in [-0.15, -0.1) is 5.10 Å². The average Bonchev–Trinajstić information content (AvgIpc) is 2.70. The van der Waals surface area contributed by atoms with Gasteiger partial charge in [0.1, 0.15) is 5.75 Å². The van der Waals surface area contributed by atoms with Gasteiger partial charge in [0.25, 0.3) is 0 Å². The van der Waals surface area contributed by atoms with Gasteiger partial charge in [-0.05, 0) is 29.7 Å². The molecule has 0 N–H and O–H groups in total. The first kappa shape index (κ1) is 10.1. The molecule has 4 nitrogen and oxygen atoms in total. The Hall–Kier alpha value is -1.46. The van der Waals surface area contributed by atoms with Gasteiger partial charge in [0.05, 0.1) is 0 Å². The normalized spacial score (nSPS) is 9.93. The van der Waals surface area contributed by atoms with Gasteiger partial charge < -0.3 is 4.74 Å². The number of aromatic nitrogens is 2. The molecule has 76 valence electrons. The van der Waals surface area contributed by atoms with E-state index in [1.807, 2.05) is 0 Å². The van der Waals surface area contributed by atoms with Crippen LogP contribution in [0.4, 0.5) is 0 Å². The SMILES string of the molecule is O=C(Oc1cccc(Cl)c1)c1csnn1. The summed E-state index contributed by atoms with van der Waals surface area (Å²) in [6.45, 7) is 0. The Labute approximate surface area is 94.6 Å². The molecule has 1 aromatic carbocycles. The molecule has 0 fully saturated rings. The van der Waals surface area contributed by atoms with Gasteiger partial charge >= 0.3 is 5.97 Å². The lowest BCUT2D eigenvalue weighted by molar-refractivity contribution is 0.0728. The van der Waals surface area contributed by atoms with Crippen LogP contribution in [0.15, 0.2) is 29.6 Å². The van der Waals surface area contributed by atoms with Crippen molar-refractivity contribution in [1.29, 1.82) is 0 Å². The van der Waals surface area contributed by atoms with Crippen LogP contribution in [-0.4, -0.2) is 15.6 Å². The monoisotopic (exact) mass is 240 g/mol. The largest absolute Gasteiger partial charge is 0.422 e.